The normalized spacial score (nSPS) is 12.4. The maximum atomic E-state index is 13.0. The van der Waals surface area contributed by atoms with Gasteiger partial charge in [0.1, 0.15) is 16.9 Å². The number of anilines is 1. The van der Waals surface area contributed by atoms with Gasteiger partial charge in [0, 0.05) is 0 Å². The number of nitrogen functional groups attached to an aromatic ring is 1. The number of carbonyl (C=O) groups excluding carboxylic acids is 1. The molecule has 4 rings (SSSR count). The minimum atomic E-state index is -0.466. The summed E-state index contributed by atoms with van der Waals surface area (Å²) in [6, 6.07) is 13.7. The molecule has 0 saturated carbocycles. The molecule has 154 valence electrons. The van der Waals surface area contributed by atoms with Crippen LogP contribution < -0.4 is 5.73 Å². The van der Waals surface area contributed by atoms with Gasteiger partial charge in [-0.3, -0.25) is 4.57 Å². The molecule has 2 N–H and O–H groups in total. The van der Waals surface area contributed by atoms with Crippen molar-refractivity contribution in [3.8, 4) is 5.69 Å². The summed E-state index contributed by atoms with van der Waals surface area (Å²) in [5, 5.41) is 0. The first-order chi connectivity index (χ1) is 14.4. The predicted molar refractivity (Wildman–Crippen MR) is 120 cm³/mol. The third kappa shape index (κ3) is 3.38. The Morgan fingerprint density at radius 1 is 1.13 bits per heavy atom. The second kappa shape index (κ2) is 7.78. The first-order valence-corrected chi connectivity index (χ1v) is 10.2. The van der Waals surface area contributed by atoms with Crippen molar-refractivity contribution < 1.29 is 9.53 Å². The lowest BCUT2D eigenvalue weighted by Gasteiger charge is -2.12. The standard InChI is InChI=1S/C24H26N4O2/c1-5-14(2)13-30-24(29)20-21-23(27-18-9-7-6-8-17(18)26-21)28(22(20)25)19-12-15(3)10-11-16(19)4/h6-12,14H,5,13,25H2,1-4H3/t14-/m1/s1. The lowest BCUT2D eigenvalue weighted by molar-refractivity contribution is 0.0450. The van der Waals surface area contributed by atoms with Gasteiger partial charge in [0.05, 0.1) is 23.3 Å². The van der Waals surface area contributed by atoms with E-state index in [1.54, 1.807) is 0 Å². The lowest BCUT2D eigenvalue weighted by Crippen LogP contribution is -2.13. The van der Waals surface area contributed by atoms with E-state index in [2.05, 4.69) is 6.92 Å². The summed E-state index contributed by atoms with van der Waals surface area (Å²) in [7, 11) is 0. The van der Waals surface area contributed by atoms with Crippen LogP contribution in [0.15, 0.2) is 42.5 Å². The molecule has 0 unspecified atom stereocenters. The summed E-state index contributed by atoms with van der Waals surface area (Å²) >= 11 is 0. The van der Waals surface area contributed by atoms with Crippen molar-refractivity contribution in [2.45, 2.75) is 34.1 Å². The number of benzene rings is 2. The molecular formula is C24H26N4O2. The molecule has 6 heteroatoms. The fourth-order valence-electron chi connectivity index (χ4n) is 3.47. The SMILES string of the molecule is CC[C@@H](C)COC(=O)c1c(N)n(-c2cc(C)ccc2C)c2nc3ccccc3nc12. The Bertz CT molecular complexity index is 1260. The van der Waals surface area contributed by atoms with Crippen LogP contribution in [0.4, 0.5) is 5.82 Å². The minimum absolute atomic E-state index is 0.271. The van der Waals surface area contributed by atoms with Gasteiger partial charge in [0.15, 0.2) is 5.65 Å². The lowest BCUT2D eigenvalue weighted by atomic mass is 10.1. The third-order valence-corrected chi connectivity index (χ3v) is 5.50. The molecule has 2 heterocycles. The number of para-hydroxylation sites is 2. The smallest absolute Gasteiger partial charge is 0.344 e. The van der Waals surface area contributed by atoms with E-state index in [0.29, 0.717) is 29.1 Å². The molecule has 0 aliphatic rings. The van der Waals surface area contributed by atoms with Crippen molar-refractivity contribution in [2.24, 2.45) is 5.92 Å². The molecule has 0 saturated heterocycles. The molecule has 0 fully saturated rings. The number of aromatic nitrogens is 3. The van der Waals surface area contributed by atoms with Gasteiger partial charge >= 0.3 is 5.97 Å². The van der Waals surface area contributed by atoms with Crippen LogP contribution in [0.3, 0.4) is 0 Å². The Labute approximate surface area is 175 Å². The van der Waals surface area contributed by atoms with E-state index in [0.717, 1.165) is 28.8 Å². The van der Waals surface area contributed by atoms with E-state index in [1.807, 2.05) is 67.8 Å². The molecule has 30 heavy (non-hydrogen) atoms. The van der Waals surface area contributed by atoms with E-state index < -0.39 is 5.97 Å². The zero-order valence-electron chi connectivity index (χ0n) is 17.8. The summed E-state index contributed by atoms with van der Waals surface area (Å²) in [4.78, 5) is 22.6. The Morgan fingerprint density at radius 3 is 2.53 bits per heavy atom. The fraction of sp³-hybridized carbons (Fsp3) is 0.292. The Kier molecular flexibility index (Phi) is 5.16. The quantitative estimate of drug-likeness (QED) is 0.476. The highest BCUT2D eigenvalue weighted by Gasteiger charge is 2.26. The van der Waals surface area contributed by atoms with Crippen molar-refractivity contribution in [2.75, 3.05) is 12.3 Å². The third-order valence-electron chi connectivity index (χ3n) is 5.50. The number of carbonyl (C=O) groups is 1. The van der Waals surface area contributed by atoms with Crippen molar-refractivity contribution >= 4 is 34.0 Å². The van der Waals surface area contributed by atoms with Gasteiger partial charge in [-0.15, -0.1) is 0 Å². The summed E-state index contributed by atoms with van der Waals surface area (Å²) < 4.78 is 7.40. The number of nitrogens with zero attached hydrogens (tertiary/aromatic N) is 3. The number of rotatable bonds is 5. The van der Waals surface area contributed by atoms with E-state index in [-0.39, 0.29) is 11.5 Å². The van der Waals surface area contributed by atoms with Crippen molar-refractivity contribution in [1.29, 1.82) is 0 Å². The molecule has 6 nitrogen and oxygen atoms in total. The number of aryl methyl sites for hydroxylation is 2. The second-order valence-corrected chi connectivity index (χ2v) is 7.88. The highest BCUT2D eigenvalue weighted by Crippen LogP contribution is 2.33. The van der Waals surface area contributed by atoms with Crippen molar-refractivity contribution in [3.63, 3.8) is 0 Å². The van der Waals surface area contributed by atoms with Crippen LogP contribution in [0.5, 0.6) is 0 Å². The van der Waals surface area contributed by atoms with Gasteiger partial charge in [-0.2, -0.15) is 0 Å². The summed E-state index contributed by atoms with van der Waals surface area (Å²) in [6.07, 6.45) is 0.928. The molecule has 0 spiro atoms. The number of esters is 1. The Hall–Kier alpha value is -3.41. The van der Waals surface area contributed by atoms with Crippen LogP contribution in [0.1, 0.15) is 41.8 Å². The summed E-state index contributed by atoms with van der Waals surface area (Å²) in [5.74, 6) is 0.101. The molecular weight excluding hydrogens is 376 g/mol. The predicted octanol–water partition coefficient (Wildman–Crippen LogP) is 4.98. The van der Waals surface area contributed by atoms with E-state index in [4.69, 9.17) is 20.4 Å². The Balaban J connectivity index is 1.99. The van der Waals surface area contributed by atoms with E-state index in [9.17, 15) is 4.79 Å². The zero-order chi connectivity index (χ0) is 21.4. The molecule has 1 atom stereocenters. The van der Waals surface area contributed by atoms with Gasteiger partial charge in [-0.1, -0.05) is 44.5 Å². The first-order valence-electron chi connectivity index (χ1n) is 10.2. The molecule has 0 aliphatic carbocycles. The Morgan fingerprint density at radius 2 is 1.83 bits per heavy atom. The molecule has 0 bridgehead atoms. The van der Waals surface area contributed by atoms with E-state index in [1.165, 1.54) is 0 Å². The number of hydrogen-bond donors (Lipinski definition) is 1. The van der Waals surface area contributed by atoms with Crippen molar-refractivity contribution in [3.05, 3.63) is 59.2 Å². The monoisotopic (exact) mass is 402 g/mol. The van der Waals surface area contributed by atoms with Gasteiger partial charge in [0.2, 0.25) is 0 Å². The highest BCUT2D eigenvalue weighted by molar-refractivity contribution is 6.09. The van der Waals surface area contributed by atoms with Gasteiger partial charge in [-0.05, 0) is 49.1 Å². The molecule has 2 aromatic heterocycles. The number of hydrogen-bond acceptors (Lipinski definition) is 5. The van der Waals surface area contributed by atoms with Crippen molar-refractivity contribution in [1.82, 2.24) is 14.5 Å². The van der Waals surface area contributed by atoms with Gasteiger partial charge < -0.3 is 10.5 Å². The average Bonchev–Trinajstić information content (AvgIpc) is 3.02. The largest absolute Gasteiger partial charge is 0.462 e. The minimum Gasteiger partial charge on any atom is -0.462 e. The maximum absolute atomic E-state index is 13.0. The average molecular weight is 402 g/mol. The topological polar surface area (TPSA) is 83.0 Å². The molecule has 0 aliphatic heterocycles. The molecule has 0 amide bonds. The fourth-order valence-corrected chi connectivity index (χ4v) is 3.47. The van der Waals surface area contributed by atoms with E-state index >= 15 is 0 Å². The first kappa shape index (κ1) is 19.9. The number of ether oxygens (including phenoxy) is 1. The number of fused-ring (bicyclic) bond motifs is 2. The number of nitrogens with two attached hydrogens (primary N) is 1. The van der Waals surface area contributed by atoms with Crippen LogP contribution in [0.2, 0.25) is 0 Å². The highest BCUT2D eigenvalue weighted by atomic mass is 16.5. The summed E-state index contributed by atoms with van der Waals surface area (Å²) in [6.45, 7) is 8.48. The zero-order valence-corrected chi connectivity index (χ0v) is 17.8. The molecule has 4 aromatic rings. The van der Waals surface area contributed by atoms with Gasteiger partial charge in [-0.25, -0.2) is 14.8 Å². The van der Waals surface area contributed by atoms with Gasteiger partial charge in [0.25, 0.3) is 0 Å². The molecule has 2 aromatic carbocycles. The van der Waals surface area contributed by atoms with Crippen LogP contribution in [-0.4, -0.2) is 27.1 Å². The van der Waals surface area contributed by atoms with Crippen LogP contribution in [0.25, 0.3) is 27.9 Å². The maximum Gasteiger partial charge on any atom is 0.344 e. The van der Waals surface area contributed by atoms with Crippen LogP contribution in [-0.2, 0) is 4.74 Å². The molecule has 0 radical (unpaired) electrons. The van der Waals surface area contributed by atoms with Crippen LogP contribution in [0, 0.1) is 19.8 Å². The van der Waals surface area contributed by atoms with Crippen LogP contribution >= 0.6 is 0 Å². The summed E-state index contributed by atoms with van der Waals surface area (Å²) in [5.41, 5.74) is 12.3. The second-order valence-electron chi connectivity index (χ2n) is 7.88.